The number of nitrogens with zero attached hydrogens (tertiary/aromatic N) is 1. The first kappa shape index (κ1) is 18.3. The Morgan fingerprint density at radius 3 is 2.62 bits per heavy atom. The van der Waals surface area contributed by atoms with Crippen LogP contribution in [0.3, 0.4) is 0 Å². The van der Waals surface area contributed by atoms with Crippen molar-refractivity contribution in [1.82, 2.24) is 9.55 Å². The number of ketones is 1. The number of aromatic amines is 1. The Morgan fingerprint density at radius 2 is 2.00 bits per heavy atom. The summed E-state index contributed by atoms with van der Waals surface area (Å²) in [6, 6.07) is 6.96. The van der Waals surface area contributed by atoms with Crippen molar-refractivity contribution in [1.29, 1.82) is 0 Å². The Balaban J connectivity index is 2.23. The normalized spacial score (nSPS) is 10.8. The summed E-state index contributed by atoms with van der Waals surface area (Å²) >= 11 is 7.05. The molecule has 0 radical (unpaired) electrons. The number of ether oxygens (including phenoxy) is 1. The van der Waals surface area contributed by atoms with Gasteiger partial charge in [-0.15, -0.1) is 11.8 Å². The van der Waals surface area contributed by atoms with E-state index in [1.807, 2.05) is 0 Å². The number of nitrogen functional groups attached to an aromatic ring is 1. The number of rotatable bonds is 7. The van der Waals surface area contributed by atoms with E-state index >= 15 is 0 Å². The highest BCUT2D eigenvalue weighted by molar-refractivity contribution is 8.00. The summed E-state index contributed by atoms with van der Waals surface area (Å²) < 4.78 is 6.01. The second kappa shape index (κ2) is 8.18. The van der Waals surface area contributed by atoms with Crippen molar-refractivity contribution in [3.8, 4) is 0 Å². The van der Waals surface area contributed by atoms with Gasteiger partial charge in [0.15, 0.2) is 5.78 Å². The van der Waals surface area contributed by atoms with Crippen LogP contribution in [-0.2, 0) is 11.3 Å². The molecule has 1 aromatic carbocycles. The summed E-state index contributed by atoms with van der Waals surface area (Å²) in [4.78, 5) is 39.1. The van der Waals surface area contributed by atoms with E-state index in [2.05, 4.69) is 4.98 Å². The lowest BCUT2D eigenvalue weighted by Gasteiger charge is -2.11. The number of Topliss-reactive ketones (excluding diaryl/α,β-unsaturated/α-hetero) is 1. The number of anilines is 1. The zero-order chi connectivity index (χ0) is 17.7. The highest BCUT2D eigenvalue weighted by Crippen LogP contribution is 2.21. The van der Waals surface area contributed by atoms with Crippen LogP contribution in [0.1, 0.15) is 10.4 Å². The Hall–Kier alpha value is -2.03. The average Bonchev–Trinajstić information content (AvgIpc) is 2.54. The molecule has 0 unspecified atom stereocenters. The number of carbonyl (C=O) groups is 1. The minimum Gasteiger partial charge on any atom is -0.384 e. The molecule has 0 aliphatic heterocycles. The molecule has 0 spiro atoms. The Kier molecular flexibility index (Phi) is 6.24. The predicted molar refractivity (Wildman–Crippen MR) is 94.1 cm³/mol. The summed E-state index contributed by atoms with van der Waals surface area (Å²) in [6.45, 7) is 0.367. The summed E-state index contributed by atoms with van der Waals surface area (Å²) in [5.41, 5.74) is 4.19. The van der Waals surface area contributed by atoms with Crippen LogP contribution in [0.4, 0.5) is 5.82 Å². The van der Waals surface area contributed by atoms with Crippen LogP contribution in [0.25, 0.3) is 0 Å². The average molecular weight is 370 g/mol. The monoisotopic (exact) mass is 369 g/mol. The van der Waals surface area contributed by atoms with Gasteiger partial charge in [0.1, 0.15) is 11.4 Å². The predicted octanol–water partition coefficient (Wildman–Crippen LogP) is 1.39. The van der Waals surface area contributed by atoms with Crippen LogP contribution in [0, 0.1) is 0 Å². The fourth-order valence-electron chi connectivity index (χ4n) is 2.01. The number of benzene rings is 1. The fraction of sp³-hybridized carbons (Fsp3) is 0.267. The summed E-state index contributed by atoms with van der Waals surface area (Å²) in [5.74, 6) is -0.598. The smallest absolute Gasteiger partial charge is 0.330 e. The quantitative estimate of drug-likeness (QED) is 0.564. The molecular weight excluding hydrogens is 354 g/mol. The molecule has 0 saturated heterocycles. The van der Waals surface area contributed by atoms with Crippen molar-refractivity contribution >= 4 is 35.0 Å². The van der Waals surface area contributed by atoms with E-state index in [1.165, 1.54) is 18.9 Å². The maximum absolute atomic E-state index is 12.4. The van der Waals surface area contributed by atoms with Crippen LogP contribution in [0.2, 0.25) is 5.02 Å². The molecule has 3 N–H and O–H groups in total. The van der Waals surface area contributed by atoms with Gasteiger partial charge in [0.2, 0.25) is 0 Å². The lowest BCUT2D eigenvalue weighted by atomic mass is 10.2. The van der Waals surface area contributed by atoms with Crippen molar-refractivity contribution in [2.24, 2.45) is 0 Å². The van der Waals surface area contributed by atoms with Crippen molar-refractivity contribution in [2.75, 3.05) is 25.2 Å². The largest absolute Gasteiger partial charge is 0.384 e. The van der Waals surface area contributed by atoms with Gasteiger partial charge in [0.25, 0.3) is 5.56 Å². The molecule has 0 atom stereocenters. The van der Waals surface area contributed by atoms with Gasteiger partial charge in [0.05, 0.1) is 18.9 Å². The van der Waals surface area contributed by atoms with Crippen molar-refractivity contribution < 1.29 is 9.53 Å². The number of halogens is 1. The van der Waals surface area contributed by atoms with Crippen molar-refractivity contribution in [3.63, 3.8) is 0 Å². The third-order valence-electron chi connectivity index (χ3n) is 3.22. The molecule has 0 amide bonds. The van der Waals surface area contributed by atoms with Crippen LogP contribution in [0.5, 0.6) is 0 Å². The van der Waals surface area contributed by atoms with E-state index in [1.54, 1.807) is 24.3 Å². The standard InChI is InChI=1S/C15H16ClN3O4S/c1-23-7-6-19-13(17)12(14(21)18-15(19)22)11(20)8-24-10-4-2-9(16)3-5-10/h2-5H,6-8,17H2,1H3,(H,18,21,22). The van der Waals surface area contributed by atoms with E-state index in [-0.39, 0.29) is 30.3 Å². The Bertz CT molecular complexity index is 845. The van der Waals surface area contributed by atoms with E-state index in [4.69, 9.17) is 22.1 Å². The minimum absolute atomic E-state index is 0.0113. The van der Waals surface area contributed by atoms with Gasteiger partial charge in [0, 0.05) is 17.0 Å². The van der Waals surface area contributed by atoms with Crippen molar-refractivity contribution in [2.45, 2.75) is 11.4 Å². The van der Waals surface area contributed by atoms with Gasteiger partial charge in [-0.25, -0.2) is 4.79 Å². The van der Waals surface area contributed by atoms with E-state index in [0.29, 0.717) is 5.02 Å². The first-order valence-corrected chi connectivity index (χ1v) is 8.33. The molecule has 1 heterocycles. The molecule has 2 aromatic rings. The van der Waals surface area contributed by atoms with Gasteiger partial charge in [-0.1, -0.05) is 11.6 Å². The third-order valence-corrected chi connectivity index (χ3v) is 4.49. The van der Waals surface area contributed by atoms with Crippen LogP contribution in [0.15, 0.2) is 38.8 Å². The topological polar surface area (TPSA) is 107 Å². The summed E-state index contributed by atoms with van der Waals surface area (Å²) in [5, 5.41) is 0.594. The number of methoxy groups -OCH3 is 1. The number of nitrogens with one attached hydrogen (secondary N) is 1. The molecule has 24 heavy (non-hydrogen) atoms. The lowest BCUT2D eigenvalue weighted by molar-refractivity contribution is 0.102. The first-order valence-electron chi connectivity index (χ1n) is 6.97. The van der Waals surface area contributed by atoms with Crippen LogP contribution < -0.4 is 17.0 Å². The fourth-order valence-corrected chi connectivity index (χ4v) is 2.91. The zero-order valence-corrected chi connectivity index (χ0v) is 14.4. The molecule has 1 aromatic heterocycles. The second-order valence-electron chi connectivity index (χ2n) is 4.83. The molecule has 9 heteroatoms. The molecule has 2 rings (SSSR count). The number of hydrogen-bond donors (Lipinski definition) is 2. The molecule has 7 nitrogen and oxygen atoms in total. The molecule has 0 aliphatic carbocycles. The van der Waals surface area contributed by atoms with Gasteiger partial charge in [-0.2, -0.15) is 0 Å². The maximum Gasteiger partial charge on any atom is 0.330 e. The molecule has 128 valence electrons. The van der Waals surface area contributed by atoms with E-state index in [0.717, 1.165) is 9.46 Å². The number of H-pyrrole nitrogens is 1. The lowest BCUT2D eigenvalue weighted by Crippen LogP contribution is -2.37. The second-order valence-corrected chi connectivity index (χ2v) is 6.31. The van der Waals surface area contributed by atoms with E-state index < -0.39 is 17.0 Å². The number of nitrogens with two attached hydrogens (primary N) is 1. The Labute approximate surface area is 146 Å². The SMILES string of the molecule is COCCn1c(N)c(C(=O)CSc2ccc(Cl)cc2)c(=O)[nH]c1=O. The van der Waals surface area contributed by atoms with Gasteiger partial charge >= 0.3 is 5.69 Å². The van der Waals surface area contributed by atoms with Gasteiger partial charge in [-0.3, -0.25) is 19.1 Å². The van der Waals surface area contributed by atoms with Crippen molar-refractivity contribution in [3.05, 3.63) is 55.7 Å². The summed E-state index contributed by atoms with van der Waals surface area (Å²) in [7, 11) is 1.47. The first-order chi connectivity index (χ1) is 11.4. The Morgan fingerprint density at radius 1 is 1.33 bits per heavy atom. The number of hydrogen-bond acceptors (Lipinski definition) is 6. The highest BCUT2D eigenvalue weighted by atomic mass is 35.5. The molecule has 0 bridgehead atoms. The maximum atomic E-state index is 12.4. The molecular formula is C15H16ClN3O4S. The van der Waals surface area contributed by atoms with Gasteiger partial charge in [-0.05, 0) is 24.3 Å². The number of aromatic nitrogens is 2. The van der Waals surface area contributed by atoms with Gasteiger partial charge < -0.3 is 10.5 Å². The molecule has 0 saturated carbocycles. The minimum atomic E-state index is -0.784. The number of carbonyl (C=O) groups excluding carboxylic acids is 1. The van der Waals surface area contributed by atoms with Crippen LogP contribution in [-0.4, -0.2) is 34.8 Å². The molecule has 0 fully saturated rings. The number of thioether (sulfide) groups is 1. The zero-order valence-electron chi connectivity index (χ0n) is 12.9. The summed E-state index contributed by atoms with van der Waals surface area (Å²) in [6.07, 6.45) is 0. The van der Waals surface area contributed by atoms with E-state index in [9.17, 15) is 14.4 Å². The molecule has 0 aliphatic rings. The van der Waals surface area contributed by atoms with Crippen LogP contribution >= 0.6 is 23.4 Å². The highest BCUT2D eigenvalue weighted by Gasteiger charge is 2.19. The third kappa shape index (κ3) is 4.28.